The highest BCUT2D eigenvalue weighted by Gasteiger charge is 2.64. The summed E-state index contributed by atoms with van der Waals surface area (Å²) in [5.41, 5.74) is -0.534. The fourth-order valence-electron chi connectivity index (χ4n) is 2.46. The molecule has 0 aromatic carbocycles. The number of ether oxygens (including phenoxy) is 4. The van der Waals surface area contributed by atoms with Crippen LogP contribution in [0.25, 0.3) is 0 Å². The van der Waals surface area contributed by atoms with Gasteiger partial charge in [0.05, 0.1) is 12.7 Å². The molecule has 4 nitrogen and oxygen atoms in total. The molecule has 0 aliphatic carbocycles. The van der Waals surface area contributed by atoms with Gasteiger partial charge in [-0.2, -0.15) is 0 Å². The van der Waals surface area contributed by atoms with Gasteiger partial charge in [-0.15, -0.1) is 0 Å². The number of rotatable bonds is 3. The third-order valence-electron chi connectivity index (χ3n) is 3.13. The van der Waals surface area contributed by atoms with Crippen LogP contribution in [0.15, 0.2) is 0 Å². The topological polar surface area (TPSA) is 36.9 Å². The molecule has 0 N–H and O–H groups in total. The summed E-state index contributed by atoms with van der Waals surface area (Å²) in [5.74, 6) is 0. The molecule has 5 atom stereocenters. The first kappa shape index (κ1) is 10.4. The van der Waals surface area contributed by atoms with E-state index >= 15 is 0 Å². The fourth-order valence-corrected chi connectivity index (χ4v) is 2.46. The van der Waals surface area contributed by atoms with Gasteiger partial charge < -0.3 is 18.9 Å². The summed E-state index contributed by atoms with van der Waals surface area (Å²) in [6, 6.07) is -0.411. The molecule has 2 heterocycles. The third-order valence-corrected chi connectivity index (χ3v) is 3.13. The molecule has 2 unspecified atom stereocenters. The minimum Gasteiger partial charge on any atom is -0.381 e. The van der Waals surface area contributed by atoms with Gasteiger partial charge >= 0.3 is 0 Å². The van der Waals surface area contributed by atoms with E-state index in [9.17, 15) is 0 Å². The molecule has 0 amide bonds. The van der Waals surface area contributed by atoms with Crippen molar-refractivity contribution in [2.24, 2.45) is 0 Å². The second-order valence-electron chi connectivity index (χ2n) is 3.87. The average molecular weight is 198 g/mol. The molecule has 5 heteroatoms. The van der Waals surface area contributed by atoms with E-state index in [2.05, 4.69) is 0 Å². The summed E-state index contributed by atoms with van der Waals surface area (Å²) in [6.07, 6.45) is -0.352. The first-order valence-electron chi connectivity index (χ1n) is 4.76. The Bertz CT molecular complexity index is 225. The van der Waals surface area contributed by atoms with Crippen molar-refractivity contribution in [1.82, 2.24) is 0 Å². The zero-order valence-corrected chi connectivity index (χ0v) is 8.73. The predicted molar refractivity (Wildman–Crippen MR) is 50.4 cm³/mol. The number of hydrogen-bond donors (Lipinski definition) is 0. The monoisotopic (exact) mass is 198 g/mol. The molecule has 0 saturated carbocycles. The summed E-state index contributed by atoms with van der Waals surface area (Å²) < 4.78 is 21.9. The highest BCUT2D eigenvalue weighted by Crippen LogP contribution is 2.44. The number of methoxy groups -OCH3 is 2. The van der Waals surface area contributed by atoms with Gasteiger partial charge in [-0.1, -0.05) is 0 Å². The lowest BCUT2D eigenvalue weighted by Gasteiger charge is -2.34. The molecule has 0 spiro atoms. The Morgan fingerprint density at radius 1 is 1.43 bits per heavy atom. The highest BCUT2D eigenvalue weighted by atomic mass is 16.7. The Morgan fingerprint density at radius 3 is 2.71 bits per heavy atom. The van der Waals surface area contributed by atoms with Crippen LogP contribution >= 0.6 is 0 Å². The van der Waals surface area contributed by atoms with E-state index in [1.54, 1.807) is 14.2 Å². The normalized spacial score (nSPS) is 51.4. The molecule has 2 radical (unpaired) electrons. The van der Waals surface area contributed by atoms with Crippen LogP contribution in [-0.4, -0.2) is 58.6 Å². The van der Waals surface area contributed by atoms with Crippen molar-refractivity contribution in [1.29, 1.82) is 0 Å². The smallest absolute Gasteiger partial charge is 0.145 e. The van der Waals surface area contributed by atoms with Crippen LogP contribution in [0.4, 0.5) is 0 Å². The maximum absolute atomic E-state index is 5.78. The van der Waals surface area contributed by atoms with Crippen molar-refractivity contribution in [3.8, 4) is 0 Å². The molecule has 2 aliphatic heterocycles. The first-order chi connectivity index (χ1) is 6.65. The Balaban J connectivity index is 2.25. The summed E-state index contributed by atoms with van der Waals surface area (Å²) in [7, 11) is 9.06. The molecule has 2 fully saturated rings. The van der Waals surface area contributed by atoms with E-state index in [0.29, 0.717) is 6.61 Å². The highest BCUT2D eigenvalue weighted by molar-refractivity contribution is 6.11. The van der Waals surface area contributed by atoms with Crippen LogP contribution in [0.3, 0.4) is 0 Å². The van der Waals surface area contributed by atoms with Crippen molar-refractivity contribution in [2.45, 2.75) is 36.8 Å². The van der Waals surface area contributed by atoms with Crippen molar-refractivity contribution < 1.29 is 18.9 Å². The van der Waals surface area contributed by atoms with E-state index in [4.69, 9.17) is 26.8 Å². The summed E-state index contributed by atoms with van der Waals surface area (Å²) in [6.45, 7) is 2.40. The molecule has 2 saturated heterocycles. The minimum absolute atomic E-state index is 0.0443. The largest absolute Gasteiger partial charge is 0.381 e. The van der Waals surface area contributed by atoms with Gasteiger partial charge in [-0.05, 0) is 6.92 Å². The molecule has 0 aromatic heterocycles. The standard InChI is InChI=1S/C9H15BO4/c1-5-9(4-11-2)7(12-3)6(13-5)8(10)14-9/h5-8H,4H2,1-3H3/t5?,6-,7?,8+,9+/m0/s1. The summed E-state index contributed by atoms with van der Waals surface area (Å²) >= 11 is 0. The van der Waals surface area contributed by atoms with Crippen molar-refractivity contribution in [2.75, 3.05) is 20.8 Å². The van der Waals surface area contributed by atoms with E-state index in [0.717, 1.165) is 0 Å². The van der Waals surface area contributed by atoms with Crippen molar-refractivity contribution in [3.63, 3.8) is 0 Å². The zero-order valence-electron chi connectivity index (χ0n) is 8.73. The number of hydrogen-bond acceptors (Lipinski definition) is 4. The lowest BCUT2D eigenvalue weighted by molar-refractivity contribution is -0.178. The first-order valence-corrected chi connectivity index (χ1v) is 4.76. The SMILES string of the molecule is [B][C@@H]1O[C@]2(COC)C(C)O[C@H]1C2OC. The van der Waals surface area contributed by atoms with Gasteiger partial charge in [-0.3, -0.25) is 0 Å². The lowest BCUT2D eigenvalue weighted by Crippen LogP contribution is -2.50. The van der Waals surface area contributed by atoms with E-state index in [1.165, 1.54) is 0 Å². The van der Waals surface area contributed by atoms with Crippen molar-refractivity contribution >= 4 is 7.85 Å². The molecule has 14 heavy (non-hydrogen) atoms. The average Bonchev–Trinajstić information content (AvgIpc) is 2.54. The molecule has 2 bridgehead atoms. The van der Waals surface area contributed by atoms with E-state index in [1.807, 2.05) is 6.92 Å². The van der Waals surface area contributed by atoms with Crippen LogP contribution in [0.5, 0.6) is 0 Å². The fraction of sp³-hybridized carbons (Fsp3) is 1.00. The van der Waals surface area contributed by atoms with Crippen LogP contribution in [0.2, 0.25) is 0 Å². The third kappa shape index (κ3) is 1.16. The van der Waals surface area contributed by atoms with Gasteiger partial charge in [0, 0.05) is 20.2 Å². The quantitative estimate of drug-likeness (QED) is 0.583. The van der Waals surface area contributed by atoms with E-state index < -0.39 is 11.6 Å². The Hall–Kier alpha value is -0.0951. The second-order valence-corrected chi connectivity index (χ2v) is 3.87. The van der Waals surface area contributed by atoms with Crippen LogP contribution in [0, 0.1) is 0 Å². The minimum atomic E-state index is -0.534. The van der Waals surface area contributed by atoms with Crippen LogP contribution in [0.1, 0.15) is 6.92 Å². The van der Waals surface area contributed by atoms with Crippen LogP contribution < -0.4 is 0 Å². The zero-order chi connectivity index (χ0) is 10.3. The van der Waals surface area contributed by atoms with Gasteiger partial charge in [0.2, 0.25) is 0 Å². The Kier molecular flexibility index (Phi) is 2.60. The van der Waals surface area contributed by atoms with Gasteiger partial charge in [0.1, 0.15) is 25.7 Å². The van der Waals surface area contributed by atoms with Crippen LogP contribution in [-0.2, 0) is 18.9 Å². The predicted octanol–water partition coefficient (Wildman–Crippen LogP) is -0.301. The lowest BCUT2D eigenvalue weighted by atomic mass is 9.90. The maximum Gasteiger partial charge on any atom is 0.145 e. The maximum atomic E-state index is 5.78. The van der Waals surface area contributed by atoms with Gasteiger partial charge in [0.25, 0.3) is 0 Å². The van der Waals surface area contributed by atoms with Gasteiger partial charge in [-0.25, -0.2) is 0 Å². The molecule has 78 valence electrons. The van der Waals surface area contributed by atoms with E-state index in [-0.39, 0.29) is 18.3 Å². The van der Waals surface area contributed by atoms with Crippen molar-refractivity contribution in [3.05, 3.63) is 0 Å². The number of fused-ring (bicyclic) bond motifs is 2. The van der Waals surface area contributed by atoms with Gasteiger partial charge in [0.15, 0.2) is 0 Å². The Morgan fingerprint density at radius 2 is 2.14 bits per heavy atom. The Labute approximate surface area is 85.3 Å². The summed E-state index contributed by atoms with van der Waals surface area (Å²) in [4.78, 5) is 0. The molecule has 2 rings (SSSR count). The molecule has 0 aromatic rings. The second kappa shape index (κ2) is 3.49. The molecular weight excluding hydrogens is 183 g/mol. The summed E-state index contributed by atoms with van der Waals surface area (Å²) in [5, 5.41) is 0. The molecular formula is C9H15BO4. The molecule has 2 aliphatic rings.